The standard InChI is InChI=1S/C23H26N6O/c1-14-9-21(26-28-13-15(2)25-22(14)28)17-5-6-20-18(11-17)12-24-29(23(20)30)19-7-8-27(4)16(3)10-19/h5-6,9,11-13,16,19H,7-8,10H2,1-4H3/t16-,19+/m0/s1. The molecule has 1 fully saturated rings. The average Bonchev–Trinajstić information content (AvgIpc) is 3.11. The molecule has 2 atom stereocenters. The van der Waals surface area contributed by atoms with Crippen LogP contribution in [0.3, 0.4) is 0 Å². The van der Waals surface area contributed by atoms with Crippen LogP contribution >= 0.6 is 0 Å². The summed E-state index contributed by atoms with van der Waals surface area (Å²) in [5.41, 5.74) is 4.69. The smallest absolute Gasteiger partial charge is 0.274 e. The zero-order chi connectivity index (χ0) is 21.0. The summed E-state index contributed by atoms with van der Waals surface area (Å²) in [5.74, 6) is 0. The maximum absolute atomic E-state index is 13.2. The molecule has 30 heavy (non-hydrogen) atoms. The van der Waals surface area contributed by atoms with Gasteiger partial charge in [-0.3, -0.25) is 4.79 Å². The van der Waals surface area contributed by atoms with E-state index in [9.17, 15) is 4.79 Å². The maximum atomic E-state index is 13.2. The number of imidazole rings is 1. The molecule has 1 aliphatic heterocycles. The topological polar surface area (TPSA) is 68.3 Å². The molecule has 154 valence electrons. The lowest BCUT2D eigenvalue weighted by Gasteiger charge is -2.35. The molecule has 7 heteroatoms. The number of nitrogens with zero attached hydrogens (tertiary/aromatic N) is 6. The molecule has 0 radical (unpaired) electrons. The van der Waals surface area contributed by atoms with E-state index in [4.69, 9.17) is 5.10 Å². The van der Waals surface area contributed by atoms with Crippen LogP contribution in [0.25, 0.3) is 27.7 Å². The Morgan fingerprint density at radius 1 is 1.17 bits per heavy atom. The summed E-state index contributed by atoms with van der Waals surface area (Å²) in [7, 11) is 2.14. The molecule has 0 saturated carbocycles. The van der Waals surface area contributed by atoms with E-state index in [-0.39, 0.29) is 11.6 Å². The van der Waals surface area contributed by atoms with Gasteiger partial charge < -0.3 is 4.90 Å². The lowest BCUT2D eigenvalue weighted by molar-refractivity contribution is 0.148. The van der Waals surface area contributed by atoms with Crippen LogP contribution in [0.5, 0.6) is 0 Å². The number of rotatable bonds is 2. The molecule has 0 amide bonds. The van der Waals surface area contributed by atoms with Crippen LogP contribution < -0.4 is 5.56 Å². The van der Waals surface area contributed by atoms with Gasteiger partial charge in [-0.05, 0) is 64.4 Å². The van der Waals surface area contributed by atoms with Gasteiger partial charge in [0.05, 0.1) is 35.2 Å². The third-order valence-electron chi connectivity index (χ3n) is 6.36. The van der Waals surface area contributed by atoms with E-state index in [0.29, 0.717) is 11.4 Å². The molecule has 1 aromatic carbocycles. The minimum atomic E-state index is -0.00868. The Balaban J connectivity index is 1.55. The molecule has 1 aliphatic rings. The molecule has 5 rings (SSSR count). The normalized spacial score (nSPS) is 20.3. The van der Waals surface area contributed by atoms with Crippen molar-refractivity contribution in [2.45, 2.75) is 45.7 Å². The highest BCUT2D eigenvalue weighted by Gasteiger charge is 2.25. The second kappa shape index (κ2) is 7.02. The second-order valence-electron chi connectivity index (χ2n) is 8.57. The van der Waals surface area contributed by atoms with E-state index >= 15 is 0 Å². The Morgan fingerprint density at radius 3 is 2.80 bits per heavy atom. The van der Waals surface area contributed by atoms with Crippen molar-refractivity contribution in [3.05, 3.63) is 58.3 Å². The molecular weight excluding hydrogens is 376 g/mol. The molecule has 0 unspecified atom stereocenters. The van der Waals surface area contributed by atoms with Crippen LogP contribution in [-0.4, -0.2) is 48.9 Å². The SMILES string of the molecule is Cc1cn2nc(-c3ccc4c(=O)n([C@@H]5CCN(C)[C@@H](C)C5)ncc4c3)cc(C)c2n1. The maximum Gasteiger partial charge on any atom is 0.274 e. The first-order valence-electron chi connectivity index (χ1n) is 10.5. The second-order valence-corrected chi connectivity index (χ2v) is 8.57. The molecule has 0 aliphatic carbocycles. The summed E-state index contributed by atoms with van der Waals surface area (Å²) in [6, 6.07) is 8.53. The Hall–Kier alpha value is -3.06. The van der Waals surface area contributed by atoms with Gasteiger partial charge in [0.1, 0.15) is 0 Å². The summed E-state index contributed by atoms with van der Waals surface area (Å²) >= 11 is 0. The van der Waals surface area contributed by atoms with Crippen molar-refractivity contribution in [3.8, 4) is 11.3 Å². The largest absolute Gasteiger partial charge is 0.304 e. The first-order valence-corrected chi connectivity index (χ1v) is 10.5. The highest BCUT2D eigenvalue weighted by molar-refractivity contribution is 5.85. The fourth-order valence-electron chi connectivity index (χ4n) is 4.46. The van der Waals surface area contributed by atoms with Crippen LogP contribution in [0.1, 0.15) is 37.1 Å². The number of hydrogen-bond donors (Lipinski definition) is 0. The van der Waals surface area contributed by atoms with Crippen molar-refractivity contribution in [1.29, 1.82) is 0 Å². The van der Waals surface area contributed by atoms with E-state index in [0.717, 1.165) is 52.9 Å². The van der Waals surface area contributed by atoms with Crippen molar-refractivity contribution < 1.29 is 0 Å². The van der Waals surface area contributed by atoms with Gasteiger partial charge in [0.15, 0.2) is 5.65 Å². The van der Waals surface area contributed by atoms with E-state index in [1.54, 1.807) is 4.68 Å². The fourth-order valence-corrected chi connectivity index (χ4v) is 4.46. The first-order chi connectivity index (χ1) is 14.4. The van der Waals surface area contributed by atoms with Crippen molar-refractivity contribution in [2.24, 2.45) is 0 Å². The minimum absolute atomic E-state index is 0.00868. The van der Waals surface area contributed by atoms with Crippen LogP contribution in [0, 0.1) is 13.8 Å². The molecule has 0 N–H and O–H groups in total. The fraction of sp³-hybridized carbons (Fsp3) is 0.391. The lowest BCUT2D eigenvalue weighted by atomic mass is 9.99. The van der Waals surface area contributed by atoms with Crippen LogP contribution in [0.2, 0.25) is 0 Å². The van der Waals surface area contributed by atoms with E-state index in [1.165, 1.54) is 0 Å². The predicted octanol–water partition coefficient (Wildman–Crippen LogP) is 3.38. The van der Waals surface area contributed by atoms with Gasteiger partial charge in [-0.1, -0.05) is 6.07 Å². The molecule has 0 bridgehead atoms. The Morgan fingerprint density at radius 2 is 2.00 bits per heavy atom. The van der Waals surface area contributed by atoms with Crippen LogP contribution in [0.4, 0.5) is 0 Å². The molecule has 1 saturated heterocycles. The van der Waals surface area contributed by atoms with Crippen LogP contribution in [0.15, 0.2) is 41.5 Å². The number of hydrogen-bond acceptors (Lipinski definition) is 5. The van der Waals surface area contributed by atoms with E-state index in [2.05, 4.69) is 29.0 Å². The predicted molar refractivity (Wildman–Crippen MR) is 118 cm³/mol. The minimum Gasteiger partial charge on any atom is -0.304 e. The number of aromatic nitrogens is 5. The zero-order valence-corrected chi connectivity index (χ0v) is 17.8. The Kier molecular flexibility index (Phi) is 4.43. The zero-order valence-electron chi connectivity index (χ0n) is 17.8. The highest BCUT2D eigenvalue weighted by Crippen LogP contribution is 2.26. The highest BCUT2D eigenvalue weighted by atomic mass is 16.1. The summed E-state index contributed by atoms with van der Waals surface area (Å²) in [6.07, 6.45) is 5.64. The summed E-state index contributed by atoms with van der Waals surface area (Å²) in [4.78, 5) is 20.0. The van der Waals surface area contributed by atoms with E-state index in [1.807, 2.05) is 55.0 Å². The number of piperidine rings is 1. The van der Waals surface area contributed by atoms with Gasteiger partial charge >= 0.3 is 0 Å². The monoisotopic (exact) mass is 402 g/mol. The van der Waals surface area contributed by atoms with Gasteiger partial charge in [0.25, 0.3) is 5.56 Å². The third-order valence-corrected chi connectivity index (χ3v) is 6.36. The Labute approximate surface area is 175 Å². The molecule has 0 spiro atoms. The Bertz CT molecular complexity index is 1320. The van der Waals surface area contributed by atoms with Gasteiger partial charge in [0.2, 0.25) is 0 Å². The molecule has 3 aromatic heterocycles. The molecule has 4 heterocycles. The first kappa shape index (κ1) is 18.9. The molecule has 7 nitrogen and oxygen atoms in total. The number of fused-ring (bicyclic) bond motifs is 2. The number of benzene rings is 1. The van der Waals surface area contributed by atoms with Gasteiger partial charge in [-0.25, -0.2) is 14.2 Å². The van der Waals surface area contributed by atoms with Crippen molar-refractivity contribution in [3.63, 3.8) is 0 Å². The van der Waals surface area contributed by atoms with Crippen molar-refractivity contribution in [1.82, 2.24) is 29.3 Å². The summed E-state index contributed by atoms with van der Waals surface area (Å²) in [5, 5.41) is 10.8. The van der Waals surface area contributed by atoms with Crippen molar-refractivity contribution in [2.75, 3.05) is 13.6 Å². The average molecular weight is 403 g/mol. The van der Waals surface area contributed by atoms with Gasteiger partial charge in [0, 0.05) is 23.5 Å². The molecular formula is C23H26N6O. The summed E-state index contributed by atoms with van der Waals surface area (Å²) in [6.45, 7) is 7.19. The third kappa shape index (κ3) is 3.10. The quantitative estimate of drug-likeness (QED) is 0.514. The van der Waals surface area contributed by atoms with E-state index < -0.39 is 0 Å². The van der Waals surface area contributed by atoms with Gasteiger partial charge in [-0.2, -0.15) is 10.2 Å². The lowest BCUT2D eigenvalue weighted by Crippen LogP contribution is -2.41. The van der Waals surface area contributed by atoms with Crippen LogP contribution in [-0.2, 0) is 0 Å². The number of aryl methyl sites for hydroxylation is 2. The van der Waals surface area contributed by atoms with Gasteiger partial charge in [-0.15, -0.1) is 0 Å². The summed E-state index contributed by atoms with van der Waals surface area (Å²) < 4.78 is 3.51. The number of likely N-dealkylation sites (tertiary alicyclic amines) is 1. The van der Waals surface area contributed by atoms with Crippen molar-refractivity contribution >= 4 is 16.4 Å². The molecule has 4 aromatic rings.